The molecule has 0 heterocycles. The summed E-state index contributed by atoms with van der Waals surface area (Å²) in [6.45, 7) is 0. The average molecular weight is 160 g/mol. The van der Waals surface area contributed by atoms with E-state index in [-0.39, 0.29) is 0 Å². The summed E-state index contributed by atoms with van der Waals surface area (Å²) in [5.41, 5.74) is 1.48. The summed E-state index contributed by atoms with van der Waals surface area (Å²) in [5.74, 6) is 0. The van der Waals surface area contributed by atoms with Gasteiger partial charge in [-0.1, -0.05) is 17.3 Å². The molecule has 1 aromatic carbocycles. The third-order valence-electron chi connectivity index (χ3n) is 1.32. The van der Waals surface area contributed by atoms with Gasteiger partial charge in [0.05, 0.1) is 17.8 Å². The molecule has 0 unspecified atom stereocenters. The molecule has 0 aliphatic heterocycles. The molecule has 0 N–H and O–H groups in total. The van der Waals surface area contributed by atoms with E-state index >= 15 is 0 Å². The van der Waals surface area contributed by atoms with Crippen molar-refractivity contribution in [2.45, 2.75) is 0 Å². The van der Waals surface area contributed by atoms with Crippen LogP contribution in [0, 0.1) is 11.3 Å². The third-order valence-corrected chi connectivity index (χ3v) is 1.32. The van der Waals surface area contributed by atoms with Crippen LogP contribution in [0.3, 0.4) is 0 Å². The van der Waals surface area contributed by atoms with Gasteiger partial charge in [0.2, 0.25) is 0 Å². The Hall–Kier alpha value is -1.82. The molecule has 60 valence electrons. The molecule has 1 rings (SSSR count). The summed E-state index contributed by atoms with van der Waals surface area (Å²) in [6.07, 6.45) is 1.56. The van der Waals surface area contributed by atoms with Crippen LogP contribution in [0.15, 0.2) is 29.4 Å². The Labute approximate surface area is 70.9 Å². The van der Waals surface area contributed by atoms with Crippen LogP contribution in [-0.2, 0) is 4.84 Å². The van der Waals surface area contributed by atoms with Crippen LogP contribution in [0.2, 0.25) is 0 Å². The predicted molar refractivity (Wildman–Crippen MR) is 45.8 cm³/mol. The smallest absolute Gasteiger partial charge is 0.106 e. The number of oxime groups is 1. The molecule has 0 spiro atoms. The van der Waals surface area contributed by atoms with Crippen molar-refractivity contribution in [1.82, 2.24) is 0 Å². The first-order valence-electron chi connectivity index (χ1n) is 3.43. The molecule has 1 aromatic rings. The van der Waals surface area contributed by atoms with Crippen molar-refractivity contribution in [2.24, 2.45) is 5.16 Å². The van der Waals surface area contributed by atoms with Gasteiger partial charge in [0.15, 0.2) is 0 Å². The van der Waals surface area contributed by atoms with Gasteiger partial charge in [0.25, 0.3) is 0 Å². The highest BCUT2D eigenvalue weighted by atomic mass is 16.6. The Morgan fingerprint density at radius 3 is 3.08 bits per heavy atom. The van der Waals surface area contributed by atoms with Crippen LogP contribution < -0.4 is 0 Å². The van der Waals surface area contributed by atoms with Crippen LogP contribution in [0.4, 0.5) is 0 Å². The Morgan fingerprint density at radius 2 is 2.42 bits per heavy atom. The molecule has 12 heavy (non-hydrogen) atoms. The highest BCUT2D eigenvalue weighted by Gasteiger charge is 1.90. The average Bonchev–Trinajstić information content (AvgIpc) is 2.15. The van der Waals surface area contributed by atoms with Gasteiger partial charge in [-0.3, -0.25) is 0 Å². The van der Waals surface area contributed by atoms with Gasteiger partial charge < -0.3 is 4.84 Å². The number of rotatable bonds is 2. The normalized spacial score (nSPS) is 9.67. The largest absolute Gasteiger partial charge is 0.399 e. The molecule has 0 atom stereocenters. The summed E-state index contributed by atoms with van der Waals surface area (Å²) in [4.78, 5) is 4.51. The van der Waals surface area contributed by atoms with E-state index in [0.717, 1.165) is 5.56 Å². The molecule has 0 bridgehead atoms. The lowest BCUT2D eigenvalue weighted by Gasteiger charge is -1.91. The first kappa shape index (κ1) is 8.28. The number of hydrogen-bond donors (Lipinski definition) is 0. The first-order valence-corrected chi connectivity index (χ1v) is 3.43. The van der Waals surface area contributed by atoms with E-state index in [1.54, 1.807) is 24.4 Å². The summed E-state index contributed by atoms with van der Waals surface area (Å²) in [7, 11) is 1.48. The fourth-order valence-electron chi connectivity index (χ4n) is 0.802. The van der Waals surface area contributed by atoms with Gasteiger partial charge in [0, 0.05) is 0 Å². The van der Waals surface area contributed by atoms with Gasteiger partial charge in [-0.05, 0) is 17.7 Å². The molecule has 3 nitrogen and oxygen atoms in total. The van der Waals surface area contributed by atoms with Crippen LogP contribution >= 0.6 is 0 Å². The predicted octanol–water partition coefficient (Wildman–Crippen LogP) is 1.54. The molecule has 3 heteroatoms. The lowest BCUT2D eigenvalue weighted by molar-refractivity contribution is 0.215. The molecule has 0 aliphatic rings. The van der Waals surface area contributed by atoms with Crippen LogP contribution in [-0.4, -0.2) is 13.3 Å². The van der Waals surface area contributed by atoms with Gasteiger partial charge in [0.1, 0.15) is 7.11 Å². The Balaban J connectivity index is 2.88. The molecule has 0 aliphatic carbocycles. The van der Waals surface area contributed by atoms with Crippen LogP contribution in [0.1, 0.15) is 11.1 Å². The minimum Gasteiger partial charge on any atom is -0.399 e. The summed E-state index contributed by atoms with van der Waals surface area (Å²) >= 11 is 0. The van der Waals surface area contributed by atoms with Crippen molar-refractivity contribution in [3.63, 3.8) is 0 Å². The maximum Gasteiger partial charge on any atom is 0.106 e. The van der Waals surface area contributed by atoms with Gasteiger partial charge in [-0.2, -0.15) is 5.26 Å². The first-order chi connectivity index (χ1) is 5.86. The Kier molecular flexibility index (Phi) is 2.86. The van der Waals surface area contributed by atoms with Crippen molar-refractivity contribution in [3.05, 3.63) is 35.4 Å². The minimum atomic E-state index is 0.620. The van der Waals surface area contributed by atoms with Gasteiger partial charge >= 0.3 is 0 Å². The van der Waals surface area contributed by atoms with E-state index < -0.39 is 0 Å². The molecular formula is C9H8N2O. The lowest BCUT2D eigenvalue weighted by Crippen LogP contribution is -1.82. The van der Waals surface area contributed by atoms with E-state index in [0.29, 0.717) is 5.56 Å². The van der Waals surface area contributed by atoms with E-state index in [4.69, 9.17) is 5.26 Å². The monoisotopic (exact) mass is 160 g/mol. The van der Waals surface area contributed by atoms with Crippen molar-refractivity contribution < 1.29 is 4.84 Å². The van der Waals surface area contributed by atoms with Crippen molar-refractivity contribution in [1.29, 1.82) is 5.26 Å². The topological polar surface area (TPSA) is 45.4 Å². The van der Waals surface area contributed by atoms with Crippen LogP contribution in [0.25, 0.3) is 0 Å². The van der Waals surface area contributed by atoms with Crippen molar-refractivity contribution >= 4 is 6.21 Å². The fourth-order valence-corrected chi connectivity index (χ4v) is 0.802. The quantitative estimate of drug-likeness (QED) is 0.486. The second-order valence-corrected chi connectivity index (χ2v) is 2.15. The molecule has 0 saturated carbocycles. The molecule has 0 amide bonds. The minimum absolute atomic E-state index is 0.620. The SMILES string of the molecule is CON=Cc1cccc(C#N)c1. The number of hydrogen-bond acceptors (Lipinski definition) is 3. The van der Waals surface area contributed by atoms with E-state index in [2.05, 4.69) is 9.99 Å². The van der Waals surface area contributed by atoms with E-state index in [1.165, 1.54) is 7.11 Å². The number of nitrogens with zero attached hydrogens (tertiary/aromatic N) is 2. The second kappa shape index (κ2) is 4.14. The summed E-state index contributed by atoms with van der Waals surface area (Å²) in [6, 6.07) is 9.17. The highest BCUT2D eigenvalue weighted by Crippen LogP contribution is 2.01. The zero-order chi connectivity index (χ0) is 8.81. The van der Waals surface area contributed by atoms with Crippen molar-refractivity contribution in [3.8, 4) is 6.07 Å². The maximum atomic E-state index is 8.56. The number of benzene rings is 1. The van der Waals surface area contributed by atoms with Gasteiger partial charge in [-0.25, -0.2) is 0 Å². The zero-order valence-electron chi connectivity index (χ0n) is 6.69. The lowest BCUT2D eigenvalue weighted by atomic mass is 10.1. The number of nitriles is 1. The third kappa shape index (κ3) is 2.10. The van der Waals surface area contributed by atoms with Crippen LogP contribution in [0.5, 0.6) is 0 Å². The molecule has 0 radical (unpaired) electrons. The molecule has 0 fully saturated rings. The molecule has 0 aromatic heterocycles. The second-order valence-electron chi connectivity index (χ2n) is 2.15. The van der Waals surface area contributed by atoms with E-state index in [1.807, 2.05) is 12.1 Å². The summed E-state index contributed by atoms with van der Waals surface area (Å²) < 4.78 is 0. The van der Waals surface area contributed by atoms with Crippen molar-refractivity contribution in [2.75, 3.05) is 7.11 Å². The standard InChI is InChI=1S/C9H8N2O/c1-12-11-7-9-4-2-3-8(5-9)6-10/h2-5,7H,1H3. The van der Waals surface area contributed by atoms with E-state index in [9.17, 15) is 0 Å². The maximum absolute atomic E-state index is 8.56. The summed E-state index contributed by atoms with van der Waals surface area (Å²) in [5, 5.41) is 12.1. The zero-order valence-corrected chi connectivity index (χ0v) is 6.69. The Bertz CT molecular complexity index is 326. The fraction of sp³-hybridized carbons (Fsp3) is 0.111. The Morgan fingerprint density at radius 1 is 1.58 bits per heavy atom. The molecular weight excluding hydrogens is 152 g/mol. The van der Waals surface area contributed by atoms with Gasteiger partial charge in [-0.15, -0.1) is 0 Å². The highest BCUT2D eigenvalue weighted by molar-refractivity contribution is 5.79. The molecule has 0 saturated heterocycles.